The molecule has 1 aliphatic heterocycles. The highest BCUT2D eigenvalue weighted by Crippen LogP contribution is 2.21. The second kappa shape index (κ2) is 6.73. The number of nitrogens with one attached hydrogen (secondary N) is 1. The highest BCUT2D eigenvalue weighted by Gasteiger charge is 2.20. The van der Waals surface area contributed by atoms with Crippen LogP contribution in [0.4, 0.5) is 0 Å². The first-order chi connectivity index (χ1) is 9.06. The van der Waals surface area contributed by atoms with Crippen molar-refractivity contribution in [2.45, 2.75) is 32.4 Å². The average molecular weight is 346 g/mol. The van der Waals surface area contributed by atoms with E-state index in [1.54, 1.807) is 6.92 Å². The maximum Gasteiger partial charge on any atom is 0.219 e. The highest BCUT2D eigenvalue weighted by molar-refractivity contribution is 9.10. The van der Waals surface area contributed by atoms with Crippen LogP contribution in [0.5, 0.6) is 0 Å². The summed E-state index contributed by atoms with van der Waals surface area (Å²) in [5, 5.41) is 4.30. The van der Waals surface area contributed by atoms with Crippen molar-refractivity contribution in [1.82, 2.24) is 10.2 Å². The van der Waals surface area contributed by atoms with Gasteiger partial charge in [0.2, 0.25) is 5.91 Å². The van der Waals surface area contributed by atoms with E-state index in [9.17, 15) is 4.79 Å². The largest absolute Gasteiger partial charge is 0.343 e. The normalized spacial score (nSPS) is 16.7. The molecule has 0 aromatic heterocycles. The molecule has 5 heteroatoms. The Kier molecular flexibility index (Phi) is 5.25. The smallest absolute Gasteiger partial charge is 0.219 e. The molecule has 1 aliphatic rings. The molecule has 0 unspecified atom stereocenters. The molecule has 1 fully saturated rings. The van der Waals surface area contributed by atoms with Gasteiger partial charge in [0.05, 0.1) is 0 Å². The van der Waals surface area contributed by atoms with Gasteiger partial charge in [0.1, 0.15) is 0 Å². The fourth-order valence-corrected chi connectivity index (χ4v) is 3.06. The number of hydrogen-bond donors (Lipinski definition) is 1. The zero-order valence-electron chi connectivity index (χ0n) is 11.0. The predicted molar refractivity (Wildman–Crippen MR) is 81.3 cm³/mol. The monoisotopic (exact) mass is 344 g/mol. The number of carbonyl (C=O) groups is 1. The van der Waals surface area contributed by atoms with E-state index in [-0.39, 0.29) is 5.91 Å². The Morgan fingerprint density at radius 3 is 2.74 bits per heavy atom. The quantitative estimate of drug-likeness (QED) is 0.912. The minimum absolute atomic E-state index is 0.175. The number of hydrogen-bond acceptors (Lipinski definition) is 2. The second-order valence-electron chi connectivity index (χ2n) is 4.90. The summed E-state index contributed by atoms with van der Waals surface area (Å²) in [6.45, 7) is 4.11. The Morgan fingerprint density at radius 2 is 2.16 bits per heavy atom. The number of nitrogens with zero attached hydrogens (tertiary/aromatic N) is 1. The van der Waals surface area contributed by atoms with Crippen LogP contribution in [0.3, 0.4) is 0 Å². The van der Waals surface area contributed by atoms with E-state index in [2.05, 4.69) is 21.2 Å². The van der Waals surface area contributed by atoms with E-state index in [0.29, 0.717) is 6.04 Å². The van der Waals surface area contributed by atoms with Gasteiger partial charge in [0, 0.05) is 42.1 Å². The summed E-state index contributed by atoms with van der Waals surface area (Å²) in [5.74, 6) is 0.175. The van der Waals surface area contributed by atoms with E-state index >= 15 is 0 Å². The Balaban J connectivity index is 1.82. The molecule has 0 spiro atoms. The van der Waals surface area contributed by atoms with Gasteiger partial charge in [-0.2, -0.15) is 0 Å². The molecule has 1 saturated heterocycles. The van der Waals surface area contributed by atoms with Gasteiger partial charge in [-0.25, -0.2) is 0 Å². The van der Waals surface area contributed by atoms with Crippen molar-refractivity contribution < 1.29 is 4.79 Å². The fraction of sp³-hybridized carbons (Fsp3) is 0.500. The molecule has 1 amide bonds. The van der Waals surface area contributed by atoms with Crippen LogP contribution in [0.1, 0.15) is 25.3 Å². The average Bonchev–Trinajstić information content (AvgIpc) is 2.38. The van der Waals surface area contributed by atoms with Crippen LogP contribution in [-0.4, -0.2) is 29.9 Å². The first kappa shape index (κ1) is 14.8. The van der Waals surface area contributed by atoms with Crippen LogP contribution in [-0.2, 0) is 11.3 Å². The number of piperidine rings is 1. The Hall–Kier alpha value is -0.580. The molecule has 3 nitrogen and oxygen atoms in total. The summed E-state index contributed by atoms with van der Waals surface area (Å²) in [4.78, 5) is 13.2. The van der Waals surface area contributed by atoms with Gasteiger partial charge in [-0.15, -0.1) is 0 Å². The zero-order chi connectivity index (χ0) is 13.8. The minimum Gasteiger partial charge on any atom is -0.343 e. The molecule has 1 aromatic carbocycles. The van der Waals surface area contributed by atoms with E-state index in [1.807, 2.05) is 23.1 Å². The summed E-state index contributed by atoms with van der Waals surface area (Å²) < 4.78 is 0.996. The molecule has 19 heavy (non-hydrogen) atoms. The number of likely N-dealkylation sites (tertiary alicyclic amines) is 1. The zero-order valence-corrected chi connectivity index (χ0v) is 13.3. The molecular weight excluding hydrogens is 328 g/mol. The molecule has 0 bridgehead atoms. The summed E-state index contributed by atoms with van der Waals surface area (Å²) >= 11 is 9.59. The van der Waals surface area contributed by atoms with E-state index in [0.717, 1.165) is 47.5 Å². The third-order valence-corrected chi connectivity index (χ3v) is 4.38. The Morgan fingerprint density at radius 1 is 1.47 bits per heavy atom. The SMILES string of the molecule is CC(=O)N1CCC(NCc2ccc(Br)cc2Cl)CC1. The molecule has 104 valence electrons. The van der Waals surface area contributed by atoms with E-state index in [4.69, 9.17) is 11.6 Å². The van der Waals surface area contributed by atoms with Crippen LogP contribution in [0.25, 0.3) is 0 Å². The van der Waals surface area contributed by atoms with Crippen LogP contribution in [0, 0.1) is 0 Å². The lowest BCUT2D eigenvalue weighted by Crippen LogP contribution is -2.43. The van der Waals surface area contributed by atoms with E-state index < -0.39 is 0 Å². The lowest BCUT2D eigenvalue weighted by molar-refractivity contribution is -0.129. The maximum atomic E-state index is 11.2. The summed E-state index contributed by atoms with van der Waals surface area (Å²) in [6, 6.07) is 6.41. The van der Waals surface area contributed by atoms with Crippen LogP contribution < -0.4 is 5.32 Å². The van der Waals surface area contributed by atoms with Crippen LogP contribution in [0.2, 0.25) is 5.02 Å². The number of halogens is 2. The molecule has 0 atom stereocenters. The van der Waals surface area contributed by atoms with Crippen molar-refractivity contribution >= 4 is 33.4 Å². The van der Waals surface area contributed by atoms with Crippen molar-refractivity contribution in [3.63, 3.8) is 0 Å². The molecule has 1 aromatic rings. The number of carbonyl (C=O) groups excluding carboxylic acids is 1. The van der Waals surface area contributed by atoms with Crippen molar-refractivity contribution in [1.29, 1.82) is 0 Å². The number of benzene rings is 1. The first-order valence-electron chi connectivity index (χ1n) is 6.49. The predicted octanol–water partition coefficient (Wildman–Crippen LogP) is 3.20. The van der Waals surface area contributed by atoms with Gasteiger partial charge in [-0.05, 0) is 30.5 Å². The van der Waals surface area contributed by atoms with Crippen molar-refractivity contribution in [2.75, 3.05) is 13.1 Å². The van der Waals surface area contributed by atoms with Gasteiger partial charge in [-0.1, -0.05) is 33.6 Å². The van der Waals surface area contributed by atoms with Crippen molar-refractivity contribution in [3.05, 3.63) is 33.3 Å². The molecule has 0 aliphatic carbocycles. The molecule has 2 rings (SSSR count). The van der Waals surface area contributed by atoms with Gasteiger partial charge < -0.3 is 10.2 Å². The van der Waals surface area contributed by atoms with Crippen molar-refractivity contribution in [2.24, 2.45) is 0 Å². The van der Waals surface area contributed by atoms with Gasteiger partial charge in [0.25, 0.3) is 0 Å². The molecule has 1 heterocycles. The standard InChI is InChI=1S/C14H18BrClN2O/c1-10(19)18-6-4-13(5-7-18)17-9-11-2-3-12(15)8-14(11)16/h2-3,8,13,17H,4-7,9H2,1H3. The summed E-state index contributed by atoms with van der Waals surface area (Å²) in [6.07, 6.45) is 2.02. The lowest BCUT2D eigenvalue weighted by Gasteiger charge is -2.31. The van der Waals surface area contributed by atoms with Crippen LogP contribution in [0.15, 0.2) is 22.7 Å². The second-order valence-corrected chi connectivity index (χ2v) is 6.22. The Bertz CT molecular complexity index is 459. The summed E-state index contributed by atoms with van der Waals surface area (Å²) in [5.41, 5.74) is 1.11. The maximum absolute atomic E-state index is 11.2. The number of amides is 1. The van der Waals surface area contributed by atoms with Crippen LogP contribution >= 0.6 is 27.5 Å². The first-order valence-corrected chi connectivity index (χ1v) is 7.66. The highest BCUT2D eigenvalue weighted by atomic mass is 79.9. The number of rotatable bonds is 3. The molecular formula is C14H18BrClN2O. The molecule has 0 saturated carbocycles. The summed E-state index contributed by atoms with van der Waals surface area (Å²) in [7, 11) is 0. The van der Waals surface area contributed by atoms with Gasteiger partial charge >= 0.3 is 0 Å². The van der Waals surface area contributed by atoms with Gasteiger partial charge in [-0.3, -0.25) is 4.79 Å². The Labute approximate surface area is 127 Å². The van der Waals surface area contributed by atoms with Gasteiger partial charge in [0.15, 0.2) is 0 Å². The minimum atomic E-state index is 0.175. The lowest BCUT2D eigenvalue weighted by atomic mass is 10.0. The topological polar surface area (TPSA) is 32.3 Å². The van der Waals surface area contributed by atoms with Crippen molar-refractivity contribution in [3.8, 4) is 0 Å². The fourth-order valence-electron chi connectivity index (χ4n) is 2.32. The third-order valence-electron chi connectivity index (χ3n) is 3.54. The van der Waals surface area contributed by atoms with E-state index in [1.165, 1.54) is 0 Å². The molecule has 1 N–H and O–H groups in total. The molecule has 0 radical (unpaired) electrons. The third kappa shape index (κ3) is 4.20.